The third-order valence-electron chi connectivity index (χ3n) is 2.03. The minimum Gasteiger partial charge on any atom is -0.475 e. The number of carbonyl (C=O) groups is 1. The van der Waals surface area contributed by atoms with Crippen molar-refractivity contribution in [3.8, 4) is 5.75 Å². The first-order valence-electron chi connectivity index (χ1n) is 4.77. The topological polar surface area (TPSA) is 95.7 Å². The fourth-order valence-corrected chi connectivity index (χ4v) is 1.67. The Morgan fingerprint density at radius 1 is 1.50 bits per heavy atom. The van der Waals surface area contributed by atoms with Crippen LogP contribution in [-0.2, 0) is 20.3 Å². The summed E-state index contributed by atoms with van der Waals surface area (Å²) in [4.78, 5) is 21.3. The number of methoxy groups -OCH3 is 1. The number of hydrogen-bond donors (Lipinski definition) is 0. The zero-order valence-corrected chi connectivity index (χ0v) is 10.6. The van der Waals surface area contributed by atoms with Crippen molar-refractivity contribution in [2.24, 2.45) is 0 Å². The predicted molar refractivity (Wildman–Crippen MR) is 62.9 cm³/mol. The molecule has 0 radical (unpaired) electrons. The van der Waals surface area contributed by atoms with Gasteiger partial charge in [-0.3, -0.25) is 14.3 Å². The van der Waals surface area contributed by atoms with Crippen LogP contribution in [0.2, 0.25) is 0 Å². The first kappa shape index (κ1) is 14.1. The van der Waals surface area contributed by atoms with E-state index in [4.69, 9.17) is 4.74 Å². The third-order valence-corrected chi connectivity index (χ3v) is 2.95. The van der Waals surface area contributed by atoms with Gasteiger partial charge in [0, 0.05) is 17.2 Å². The molecule has 0 N–H and O–H groups in total. The quantitative estimate of drug-likeness (QED) is 0.449. The Morgan fingerprint density at radius 3 is 2.67 bits per heavy atom. The normalized spacial score (nSPS) is 11.7. The molecule has 0 spiro atoms. The van der Waals surface area contributed by atoms with E-state index < -0.39 is 28.3 Å². The molecule has 1 rings (SSSR count). The van der Waals surface area contributed by atoms with E-state index in [9.17, 15) is 19.1 Å². The molecule has 0 fully saturated rings. The lowest BCUT2D eigenvalue weighted by atomic mass is 10.3. The third kappa shape index (κ3) is 3.52. The average molecular weight is 273 g/mol. The Hall–Kier alpha value is -1.96. The van der Waals surface area contributed by atoms with E-state index in [0.29, 0.717) is 4.90 Å². The predicted octanol–water partition coefficient (Wildman–Crippen LogP) is 0.884. The summed E-state index contributed by atoms with van der Waals surface area (Å²) in [6.45, 7) is -0.425. The molecule has 98 valence electrons. The lowest BCUT2D eigenvalue weighted by molar-refractivity contribution is -0.386. The summed E-state index contributed by atoms with van der Waals surface area (Å²) >= 11 is 0. The lowest BCUT2D eigenvalue weighted by Crippen LogP contribution is -2.13. The van der Waals surface area contributed by atoms with E-state index in [1.54, 1.807) is 0 Å². The molecule has 1 aromatic rings. The van der Waals surface area contributed by atoms with Crippen LogP contribution in [0.5, 0.6) is 5.75 Å². The van der Waals surface area contributed by atoms with Crippen molar-refractivity contribution in [1.29, 1.82) is 0 Å². The van der Waals surface area contributed by atoms with Crippen molar-refractivity contribution >= 4 is 22.5 Å². The number of esters is 1. The van der Waals surface area contributed by atoms with E-state index in [-0.39, 0.29) is 11.4 Å². The first-order chi connectivity index (χ1) is 8.45. The second-order valence-corrected chi connectivity index (χ2v) is 4.59. The maximum Gasteiger partial charge on any atom is 0.343 e. The number of ether oxygens (including phenoxy) is 2. The second kappa shape index (κ2) is 6.10. The van der Waals surface area contributed by atoms with E-state index in [2.05, 4.69) is 4.74 Å². The smallest absolute Gasteiger partial charge is 0.343 e. The molecule has 1 atom stereocenters. The Morgan fingerprint density at radius 2 is 2.17 bits per heavy atom. The Kier molecular flexibility index (Phi) is 4.78. The number of nitrogens with zero attached hydrogens (tertiary/aromatic N) is 1. The van der Waals surface area contributed by atoms with E-state index in [0.717, 1.165) is 6.07 Å². The van der Waals surface area contributed by atoms with Gasteiger partial charge >= 0.3 is 11.7 Å². The van der Waals surface area contributed by atoms with Crippen molar-refractivity contribution in [1.82, 2.24) is 0 Å². The molecule has 18 heavy (non-hydrogen) atoms. The molecule has 0 bridgehead atoms. The van der Waals surface area contributed by atoms with Crippen molar-refractivity contribution in [3.05, 3.63) is 28.3 Å². The molecule has 0 amide bonds. The fraction of sp³-hybridized carbons (Fsp3) is 0.300. The SMILES string of the molecule is COC(=O)COc1ccc(S(C)=O)cc1[N+](=O)[O-]. The van der Waals surface area contributed by atoms with Gasteiger partial charge in [0.1, 0.15) is 0 Å². The van der Waals surface area contributed by atoms with Crippen molar-refractivity contribution in [2.45, 2.75) is 4.90 Å². The number of nitro groups is 1. The highest BCUT2D eigenvalue weighted by atomic mass is 32.2. The zero-order chi connectivity index (χ0) is 13.7. The second-order valence-electron chi connectivity index (χ2n) is 3.21. The molecular weight excluding hydrogens is 262 g/mol. The monoisotopic (exact) mass is 273 g/mol. The molecule has 0 heterocycles. The van der Waals surface area contributed by atoms with Crippen molar-refractivity contribution in [3.63, 3.8) is 0 Å². The standard InChI is InChI=1S/C10H11NO6S/c1-16-10(12)6-17-9-4-3-7(18(2)15)5-8(9)11(13)14/h3-5H,6H2,1-2H3. The van der Waals surface area contributed by atoms with Gasteiger partial charge in [-0.2, -0.15) is 0 Å². The number of hydrogen-bond acceptors (Lipinski definition) is 6. The van der Waals surface area contributed by atoms with Crippen LogP contribution in [0.3, 0.4) is 0 Å². The molecule has 1 aromatic carbocycles. The molecule has 7 nitrogen and oxygen atoms in total. The largest absolute Gasteiger partial charge is 0.475 e. The summed E-state index contributed by atoms with van der Waals surface area (Å²) in [7, 11) is -0.146. The number of benzene rings is 1. The van der Waals surface area contributed by atoms with Crippen LogP contribution in [0.25, 0.3) is 0 Å². The van der Waals surface area contributed by atoms with Crippen LogP contribution in [0, 0.1) is 10.1 Å². The van der Waals surface area contributed by atoms with E-state index >= 15 is 0 Å². The van der Waals surface area contributed by atoms with Crippen LogP contribution in [0.1, 0.15) is 0 Å². The average Bonchev–Trinajstić information content (AvgIpc) is 2.35. The van der Waals surface area contributed by atoms with Gasteiger partial charge in [0.05, 0.1) is 22.8 Å². The summed E-state index contributed by atoms with van der Waals surface area (Å²) < 4.78 is 20.5. The minimum atomic E-state index is -1.33. The lowest BCUT2D eigenvalue weighted by Gasteiger charge is -2.06. The van der Waals surface area contributed by atoms with Crippen molar-refractivity contribution < 1.29 is 23.4 Å². The van der Waals surface area contributed by atoms with Crippen LogP contribution in [0.4, 0.5) is 5.69 Å². The van der Waals surface area contributed by atoms with Gasteiger partial charge < -0.3 is 9.47 Å². The molecule has 0 saturated carbocycles. The van der Waals surface area contributed by atoms with Gasteiger partial charge in [0.2, 0.25) is 0 Å². The Labute approximate surface area is 105 Å². The highest BCUT2D eigenvalue weighted by Crippen LogP contribution is 2.28. The van der Waals surface area contributed by atoms with Gasteiger partial charge in [0.25, 0.3) is 0 Å². The summed E-state index contributed by atoms with van der Waals surface area (Å²) in [5, 5.41) is 10.8. The van der Waals surface area contributed by atoms with Crippen molar-refractivity contribution in [2.75, 3.05) is 20.0 Å². The fourth-order valence-electron chi connectivity index (χ4n) is 1.14. The molecular formula is C10H11NO6S. The number of nitro benzene ring substituents is 1. The van der Waals surface area contributed by atoms with Gasteiger partial charge in [-0.15, -0.1) is 0 Å². The zero-order valence-electron chi connectivity index (χ0n) is 9.74. The highest BCUT2D eigenvalue weighted by molar-refractivity contribution is 7.84. The molecule has 0 aliphatic carbocycles. The van der Waals surface area contributed by atoms with Gasteiger partial charge in [-0.1, -0.05) is 0 Å². The summed E-state index contributed by atoms with van der Waals surface area (Å²) in [5.74, 6) is -0.716. The summed E-state index contributed by atoms with van der Waals surface area (Å²) in [6.07, 6.45) is 1.41. The molecule has 0 aromatic heterocycles. The first-order valence-corrected chi connectivity index (χ1v) is 6.33. The van der Waals surface area contributed by atoms with Gasteiger partial charge in [0.15, 0.2) is 12.4 Å². The van der Waals surface area contributed by atoms with Crippen LogP contribution >= 0.6 is 0 Å². The molecule has 0 aliphatic rings. The molecule has 0 aliphatic heterocycles. The van der Waals surface area contributed by atoms with Crippen LogP contribution < -0.4 is 4.74 Å². The summed E-state index contributed by atoms with van der Waals surface area (Å²) in [6, 6.07) is 3.90. The molecule has 8 heteroatoms. The van der Waals surface area contributed by atoms with Crippen LogP contribution in [0.15, 0.2) is 23.1 Å². The van der Waals surface area contributed by atoms with Gasteiger partial charge in [-0.25, -0.2) is 4.79 Å². The maximum absolute atomic E-state index is 11.2. The number of rotatable bonds is 5. The minimum absolute atomic E-state index is 0.0698. The van der Waals surface area contributed by atoms with Gasteiger partial charge in [-0.05, 0) is 12.1 Å². The molecule has 0 saturated heterocycles. The van der Waals surface area contributed by atoms with E-state index in [1.165, 1.54) is 25.5 Å². The van der Waals surface area contributed by atoms with E-state index in [1.807, 2.05) is 0 Å². The van der Waals surface area contributed by atoms with Crippen LogP contribution in [-0.4, -0.2) is 35.1 Å². The number of carbonyl (C=O) groups excluding carboxylic acids is 1. The summed E-state index contributed by atoms with van der Waals surface area (Å²) in [5.41, 5.74) is -0.341. The maximum atomic E-state index is 11.2. The highest BCUT2D eigenvalue weighted by Gasteiger charge is 2.18. The Balaban J connectivity index is 3.00. The molecule has 1 unspecified atom stereocenters. The Bertz CT molecular complexity index is 501.